The van der Waals surface area contributed by atoms with E-state index in [0.717, 1.165) is 23.9 Å². The van der Waals surface area contributed by atoms with Crippen LogP contribution in [0.3, 0.4) is 0 Å². The van der Waals surface area contributed by atoms with Gasteiger partial charge in [-0.15, -0.1) is 0 Å². The Hall–Kier alpha value is -3.37. The molecule has 0 saturated heterocycles. The van der Waals surface area contributed by atoms with Crippen LogP contribution in [0.25, 0.3) is 11.1 Å². The van der Waals surface area contributed by atoms with Crippen molar-refractivity contribution in [2.45, 2.75) is 12.4 Å². The minimum atomic E-state index is -5.06. The molecule has 0 aliphatic carbocycles. The van der Waals surface area contributed by atoms with Crippen LogP contribution in [-0.2, 0) is 26.4 Å². The molecule has 0 aliphatic heterocycles. The van der Waals surface area contributed by atoms with Gasteiger partial charge in [-0.05, 0) is 17.7 Å². The highest BCUT2D eigenvalue weighted by molar-refractivity contribution is 5.95. The van der Waals surface area contributed by atoms with Gasteiger partial charge in [0.1, 0.15) is 5.82 Å². The normalized spacial score (nSPS) is 13.0. The molecule has 0 N–H and O–H groups in total. The predicted molar refractivity (Wildman–Crippen MR) is 96.1 cm³/mol. The Morgan fingerprint density at radius 3 is 2.00 bits per heavy atom. The van der Waals surface area contributed by atoms with Crippen molar-refractivity contribution in [3.8, 4) is 11.1 Å². The number of benzene rings is 2. The Bertz CT molecular complexity index is 1200. The SMILES string of the molecule is Cn1c(C(F)(F)F)c(-c2ccccc2)/c(=N\C(=O)c2cccc(C(F)(F)F)c2F)n1C. The first-order valence-corrected chi connectivity index (χ1v) is 8.67. The molecule has 0 saturated carbocycles. The van der Waals surface area contributed by atoms with Crippen molar-refractivity contribution in [3.05, 3.63) is 76.7 Å². The average molecular weight is 445 g/mol. The summed E-state index contributed by atoms with van der Waals surface area (Å²) >= 11 is 0. The van der Waals surface area contributed by atoms with Gasteiger partial charge in [0.2, 0.25) is 0 Å². The zero-order chi connectivity index (χ0) is 23.1. The third-order valence-electron chi connectivity index (χ3n) is 4.61. The number of amides is 1. The van der Waals surface area contributed by atoms with Crippen LogP contribution in [0.4, 0.5) is 30.7 Å². The van der Waals surface area contributed by atoms with Gasteiger partial charge in [-0.3, -0.25) is 14.2 Å². The molecule has 0 unspecified atom stereocenters. The summed E-state index contributed by atoms with van der Waals surface area (Å²) in [5.41, 5.74) is -4.68. The number of rotatable bonds is 2. The number of nitrogens with zero attached hydrogens (tertiary/aromatic N) is 3. The average Bonchev–Trinajstić information content (AvgIpc) is 2.93. The van der Waals surface area contributed by atoms with Gasteiger partial charge < -0.3 is 0 Å². The van der Waals surface area contributed by atoms with Gasteiger partial charge in [0.25, 0.3) is 5.91 Å². The summed E-state index contributed by atoms with van der Waals surface area (Å²) in [6.45, 7) is 0. The molecule has 2 aromatic carbocycles. The number of aromatic nitrogens is 2. The molecule has 3 rings (SSSR count). The van der Waals surface area contributed by atoms with Crippen LogP contribution in [0.15, 0.2) is 53.5 Å². The molecule has 4 nitrogen and oxygen atoms in total. The summed E-state index contributed by atoms with van der Waals surface area (Å²) in [4.78, 5) is 16.1. The van der Waals surface area contributed by atoms with E-state index in [4.69, 9.17) is 0 Å². The van der Waals surface area contributed by atoms with E-state index < -0.39 is 51.9 Å². The Balaban J connectivity index is 2.31. The molecule has 0 aliphatic rings. The number of hydrogen-bond acceptors (Lipinski definition) is 1. The molecular weight excluding hydrogens is 431 g/mol. The third kappa shape index (κ3) is 4.12. The monoisotopic (exact) mass is 445 g/mol. The number of alkyl halides is 6. The summed E-state index contributed by atoms with van der Waals surface area (Å²) in [7, 11) is 2.28. The van der Waals surface area contributed by atoms with Crippen LogP contribution >= 0.6 is 0 Å². The summed E-state index contributed by atoms with van der Waals surface area (Å²) in [6, 6.07) is 9.29. The molecule has 31 heavy (non-hydrogen) atoms. The van der Waals surface area contributed by atoms with Crippen molar-refractivity contribution in [1.29, 1.82) is 0 Å². The summed E-state index contributed by atoms with van der Waals surface area (Å²) < 4.78 is 96.0. The summed E-state index contributed by atoms with van der Waals surface area (Å²) in [6.07, 6.45) is -9.90. The lowest BCUT2D eigenvalue weighted by molar-refractivity contribution is -0.143. The molecule has 3 aromatic rings. The van der Waals surface area contributed by atoms with E-state index in [9.17, 15) is 35.5 Å². The first-order valence-electron chi connectivity index (χ1n) is 8.67. The van der Waals surface area contributed by atoms with Crippen molar-refractivity contribution in [3.63, 3.8) is 0 Å². The van der Waals surface area contributed by atoms with Crippen molar-refractivity contribution in [2.75, 3.05) is 0 Å². The fourth-order valence-corrected chi connectivity index (χ4v) is 3.12. The fraction of sp³-hybridized carbons (Fsp3) is 0.200. The van der Waals surface area contributed by atoms with E-state index >= 15 is 0 Å². The first kappa shape index (κ1) is 22.3. The summed E-state index contributed by atoms with van der Waals surface area (Å²) in [5, 5.41) is 0. The molecule has 0 spiro atoms. The predicted octanol–water partition coefficient (Wildman–Crippen LogP) is 4.95. The first-order chi connectivity index (χ1) is 14.3. The topological polar surface area (TPSA) is 39.3 Å². The molecule has 1 amide bonds. The van der Waals surface area contributed by atoms with Crippen molar-refractivity contribution >= 4 is 5.91 Å². The smallest absolute Gasteiger partial charge is 0.282 e. The van der Waals surface area contributed by atoms with E-state index in [0.29, 0.717) is 10.7 Å². The third-order valence-corrected chi connectivity index (χ3v) is 4.61. The van der Waals surface area contributed by atoms with Crippen molar-refractivity contribution < 1.29 is 35.5 Å². The minimum absolute atomic E-state index is 0.0714. The second kappa shape index (κ2) is 7.71. The highest BCUT2D eigenvalue weighted by Crippen LogP contribution is 2.36. The van der Waals surface area contributed by atoms with Gasteiger partial charge in [-0.25, -0.2) is 4.39 Å². The van der Waals surface area contributed by atoms with E-state index in [2.05, 4.69) is 4.99 Å². The molecule has 11 heteroatoms. The quantitative estimate of drug-likeness (QED) is 0.515. The molecule has 164 valence electrons. The highest BCUT2D eigenvalue weighted by Gasteiger charge is 2.40. The van der Waals surface area contributed by atoms with E-state index in [1.54, 1.807) is 6.07 Å². The Morgan fingerprint density at radius 1 is 0.839 bits per heavy atom. The van der Waals surface area contributed by atoms with E-state index in [1.807, 2.05) is 0 Å². The number of halogens is 7. The number of carbonyl (C=O) groups is 1. The fourth-order valence-electron chi connectivity index (χ4n) is 3.12. The van der Waals surface area contributed by atoms with Gasteiger partial charge in [-0.1, -0.05) is 36.4 Å². The maximum absolute atomic E-state index is 14.3. The van der Waals surface area contributed by atoms with Crippen LogP contribution in [0, 0.1) is 5.82 Å². The number of carbonyl (C=O) groups excluding carboxylic acids is 1. The van der Waals surface area contributed by atoms with Crippen molar-refractivity contribution in [2.24, 2.45) is 19.1 Å². The molecule has 0 fully saturated rings. The zero-order valence-corrected chi connectivity index (χ0v) is 16.0. The highest BCUT2D eigenvalue weighted by atomic mass is 19.4. The lowest BCUT2D eigenvalue weighted by Gasteiger charge is -2.11. The zero-order valence-electron chi connectivity index (χ0n) is 16.0. The molecular formula is C20H14F7N3O. The maximum atomic E-state index is 14.3. The second-order valence-electron chi connectivity index (χ2n) is 6.54. The van der Waals surface area contributed by atoms with Crippen LogP contribution in [0.2, 0.25) is 0 Å². The van der Waals surface area contributed by atoms with Crippen LogP contribution < -0.4 is 5.49 Å². The molecule has 1 aromatic heterocycles. The second-order valence-corrected chi connectivity index (χ2v) is 6.54. The van der Waals surface area contributed by atoms with Gasteiger partial charge in [0, 0.05) is 14.1 Å². The minimum Gasteiger partial charge on any atom is -0.282 e. The largest absolute Gasteiger partial charge is 0.433 e. The Kier molecular flexibility index (Phi) is 5.55. The lowest BCUT2D eigenvalue weighted by Crippen LogP contribution is -2.22. The Labute approximate surface area is 170 Å². The Morgan fingerprint density at radius 2 is 1.45 bits per heavy atom. The van der Waals surface area contributed by atoms with Gasteiger partial charge >= 0.3 is 12.4 Å². The summed E-state index contributed by atoms with van der Waals surface area (Å²) in [5.74, 6) is -3.30. The maximum Gasteiger partial charge on any atom is 0.433 e. The molecule has 0 atom stereocenters. The van der Waals surface area contributed by atoms with Gasteiger partial charge in [0.05, 0.1) is 16.7 Å². The molecule has 0 bridgehead atoms. The van der Waals surface area contributed by atoms with E-state index in [1.165, 1.54) is 31.3 Å². The standard InChI is InChI=1S/C20H14F7N3O/c1-29-16(20(25,26)27)14(11-7-4-3-5-8-11)17(30(29)2)28-18(31)12-9-6-10-13(15(12)21)19(22,23)24/h3-10H,1-2H3/b28-17+. The van der Waals surface area contributed by atoms with Gasteiger partial charge in [-0.2, -0.15) is 31.3 Å². The van der Waals surface area contributed by atoms with Crippen LogP contribution in [0.5, 0.6) is 0 Å². The molecule has 1 heterocycles. The van der Waals surface area contributed by atoms with Crippen LogP contribution in [-0.4, -0.2) is 15.3 Å². The van der Waals surface area contributed by atoms with Crippen LogP contribution in [0.1, 0.15) is 21.6 Å². The van der Waals surface area contributed by atoms with Gasteiger partial charge in [0.15, 0.2) is 11.2 Å². The lowest BCUT2D eigenvalue weighted by atomic mass is 10.1. The van der Waals surface area contributed by atoms with Crippen molar-refractivity contribution in [1.82, 2.24) is 9.36 Å². The van der Waals surface area contributed by atoms with E-state index in [-0.39, 0.29) is 5.56 Å². The molecule has 0 radical (unpaired) electrons. The number of hydrogen-bond donors (Lipinski definition) is 0.